The zero-order valence-corrected chi connectivity index (χ0v) is 12.1. The summed E-state index contributed by atoms with van der Waals surface area (Å²) < 4.78 is 0. The van der Waals surface area contributed by atoms with Gasteiger partial charge in [0.05, 0.1) is 6.04 Å². The highest BCUT2D eigenvalue weighted by Crippen LogP contribution is 2.11. The van der Waals surface area contributed by atoms with E-state index in [0.29, 0.717) is 6.04 Å². The highest BCUT2D eigenvalue weighted by atomic mass is 16.2. The topological polar surface area (TPSA) is 44.4 Å². The molecule has 1 saturated heterocycles. The second kappa shape index (κ2) is 7.54. The highest BCUT2D eigenvalue weighted by molar-refractivity contribution is 5.80. The number of likely N-dealkylation sites (N-methyl/N-ethyl adjacent to an activating group) is 1. The predicted molar refractivity (Wildman–Crippen MR) is 75.6 cm³/mol. The van der Waals surface area contributed by atoms with E-state index in [-0.39, 0.29) is 11.9 Å². The van der Waals surface area contributed by atoms with E-state index in [4.69, 9.17) is 0 Å². The number of likely N-dealkylation sites (tertiary alicyclic amines) is 1. The second-order valence-corrected chi connectivity index (χ2v) is 5.36. The summed E-state index contributed by atoms with van der Waals surface area (Å²) in [6.45, 7) is 9.48. The van der Waals surface area contributed by atoms with Crippen molar-refractivity contribution in [1.82, 2.24) is 15.5 Å². The number of nitrogens with zero attached hydrogens (tertiary/aromatic N) is 1. The van der Waals surface area contributed by atoms with Crippen molar-refractivity contribution in [2.75, 3.05) is 26.7 Å². The summed E-state index contributed by atoms with van der Waals surface area (Å²) >= 11 is 0. The van der Waals surface area contributed by atoms with Gasteiger partial charge in [-0.2, -0.15) is 0 Å². The molecule has 1 unspecified atom stereocenters. The normalized spacial score (nSPS) is 19.3. The maximum absolute atomic E-state index is 11.4. The maximum atomic E-state index is 11.4. The Morgan fingerprint density at radius 1 is 1.39 bits per heavy atom. The minimum absolute atomic E-state index is 0.0713. The van der Waals surface area contributed by atoms with Gasteiger partial charge in [0.25, 0.3) is 0 Å². The van der Waals surface area contributed by atoms with Crippen LogP contribution in [-0.2, 0) is 4.79 Å². The molecule has 0 radical (unpaired) electrons. The minimum Gasteiger partial charge on any atom is -0.358 e. The van der Waals surface area contributed by atoms with Crippen LogP contribution in [0.15, 0.2) is 11.6 Å². The quantitative estimate of drug-likeness (QED) is 0.722. The zero-order chi connectivity index (χ0) is 13.5. The third-order valence-electron chi connectivity index (χ3n) is 3.47. The number of nitrogens with one attached hydrogen (secondary N) is 2. The average molecular weight is 253 g/mol. The van der Waals surface area contributed by atoms with E-state index in [1.165, 1.54) is 5.57 Å². The van der Waals surface area contributed by atoms with Crippen molar-refractivity contribution in [3.8, 4) is 0 Å². The molecular formula is C14H27N3O. The van der Waals surface area contributed by atoms with Gasteiger partial charge in [-0.05, 0) is 46.7 Å². The Morgan fingerprint density at radius 2 is 2.00 bits per heavy atom. The molecule has 1 aliphatic heterocycles. The zero-order valence-electron chi connectivity index (χ0n) is 12.1. The molecule has 0 bridgehead atoms. The third-order valence-corrected chi connectivity index (χ3v) is 3.47. The second-order valence-electron chi connectivity index (χ2n) is 5.36. The van der Waals surface area contributed by atoms with Crippen LogP contribution in [-0.4, -0.2) is 49.6 Å². The van der Waals surface area contributed by atoms with Crippen molar-refractivity contribution in [3.63, 3.8) is 0 Å². The number of carbonyl (C=O) groups excluding carboxylic acids is 1. The van der Waals surface area contributed by atoms with E-state index in [1.54, 1.807) is 7.05 Å². The fraction of sp³-hybridized carbons (Fsp3) is 0.786. The summed E-state index contributed by atoms with van der Waals surface area (Å²) in [5.41, 5.74) is 1.38. The Bertz CT molecular complexity index is 289. The van der Waals surface area contributed by atoms with Crippen LogP contribution in [0.4, 0.5) is 0 Å². The molecule has 0 saturated carbocycles. The largest absolute Gasteiger partial charge is 0.358 e. The lowest BCUT2D eigenvalue weighted by Crippen LogP contribution is -2.49. The lowest BCUT2D eigenvalue weighted by atomic mass is 10.0. The number of amides is 1. The molecule has 4 heteroatoms. The van der Waals surface area contributed by atoms with Crippen molar-refractivity contribution in [1.29, 1.82) is 0 Å². The fourth-order valence-corrected chi connectivity index (χ4v) is 2.24. The molecule has 1 fully saturated rings. The van der Waals surface area contributed by atoms with E-state index < -0.39 is 0 Å². The Balaban J connectivity index is 2.27. The SMILES string of the molecule is CNC(=O)C(C)NC1CCN(CC=C(C)C)CC1. The predicted octanol–water partition coefficient (Wildman–Crippen LogP) is 1.14. The Kier molecular flexibility index (Phi) is 6.36. The lowest BCUT2D eigenvalue weighted by Gasteiger charge is -2.33. The van der Waals surface area contributed by atoms with Gasteiger partial charge >= 0.3 is 0 Å². The number of carbonyl (C=O) groups is 1. The van der Waals surface area contributed by atoms with E-state index in [2.05, 4.69) is 35.5 Å². The highest BCUT2D eigenvalue weighted by Gasteiger charge is 2.21. The van der Waals surface area contributed by atoms with Gasteiger partial charge in [0.1, 0.15) is 0 Å². The molecule has 0 aliphatic carbocycles. The van der Waals surface area contributed by atoms with Gasteiger partial charge < -0.3 is 10.6 Å². The molecule has 0 aromatic heterocycles. The van der Waals surface area contributed by atoms with Crippen LogP contribution in [0.2, 0.25) is 0 Å². The van der Waals surface area contributed by atoms with Crippen molar-refractivity contribution in [2.45, 2.75) is 45.7 Å². The fourth-order valence-electron chi connectivity index (χ4n) is 2.24. The van der Waals surface area contributed by atoms with Crippen LogP contribution in [0, 0.1) is 0 Å². The van der Waals surface area contributed by atoms with Crippen molar-refractivity contribution in [3.05, 3.63) is 11.6 Å². The molecule has 104 valence electrons. The number of allylic oxidation sites excluding steroid dienone is 1. The van der Waals surface area contributed by atoms with E-state index in [0.717, 1.165) is 32.5 Å². The first-order valence-corrected chi connectivity index (χ1v) is 6.86. The van der Waals surface area contributed by atoms with E-state index in [1.807, 2.05) is 6.92 Å². The van der Waals surface area contributed by atoms with Gasteiger partial charge in [-0.25, -0.2) is 0 Å². The van der Waals surface area contributed by atoms with Crippen LogP contribution >= 0.6 is 0 Å². The summed E-state index contributed by atoms with van der Waals surface area (Å²) in [6.07, 6.45) is 4.52. The number of hydrogen-bond donors (Lipinski definition) is 2. The average Bonchev–Trinajstić information content (AvgIpc) is 2.36. The monoisotopic (exact) mass is 253 g/mol. The summed E-state index contributed by atoms with van der Waals surface area (Å²) in [5.74, 6) is 0.0713. The molecule has 2 N–H and O–H groups in total. The van der Waals surface area contributed by atoms with Crippen LogP contribution in [0.25, 0.3) is 0 Å². The van der Waals surface area contributed by atoms with Gasteiger partial charge in [-0.15, -0.1) is 0 Å². The standard InChI is InChI=1S/C14H27N3O/c1-11(2)5-8-17-9-6-13(7-10-17)16-12(3)14(18)15-4/h5,12-13,16H,6-10H2,1-4H3,(H,15,18). The van der Waals surface area contributed by atoms with E-state index >= 15 is 0 Å². The first-order valence-electron chi connectivity index (χ1n) is 6.86. The van der Waals surface area contributed by atoms with Crippen LogP contribution in [0.1, 0.15) is 33.6 Å². The minimum atomic E-state index is -0.0932. The van der Waals surface area contributed by atoms with Crippen LogP contribution in [0.5, 0.6) is 0 Å². The van der Waals surface area contributed by atoms with Gasteiger partial charge in [0, 0.05) is 19.6 Å². The third kappa shape index (κ3) is 5.19. The maximum Gasteiger partial charge on any atom is 0.236 e. The summed E-state index contributed by atoms with van der Waals surface area (Å²) in [4.78, 5) is 13.9. The summed E-state index contributed by atoms with van der Waals surface area (Å²) in [5, 5.41) is 6.08. The van der Waals surface area contributed by atoms with Gasteiger partial charge in [-0.1, -0.05) is 11.6 Å². The smallest absolute Gasteiger partial charge is 0.236 e. The van der Waals surface area contributed by atoms with E-state index in [9.17, 15) is 4.79 Å². The molecule has 0 aromatic carbocycles. The van der Waals surface area contributed by atoms with Crippen LogP contribution < -0.4 is 10.6 Å². The summed E-state index contributed by atoms with van der Waals surface area (Å²) in [7, 11) is 1.68. The number of rotatable bonds is 5. The molecule has 0 spiro atoms. The van der Waals surface area contributed by atoms with Crippen LogP contribution in [0.3, 0.4) is 0 Å². The molecule has 0 aromatic rings. The number of hydrogen-bond acceptors (Lipinski definition) is 3. The number of piperidine rings is 1. The Hall–Kier alpha value is -0.870. The van der Waals surface area contributed by atoms with Gasteiger partial charge in [-0.3, -0.25) is 9.69 Å². The van der Waals surface area contributed by atoms with Gasteiger partial charge in [0.2, 0.25) is 5.91 Å². The van der Waals surface area contributed by atoms with Crippen molar-refractivity contribution < 1.29 is 4.79 Å². The Labute approximate surface area is 111 Å². The van der Waals surface area contributed by atoms with Crippen molar-refractivity contribution in [2.24, 2.45) is 0 Å². The van der Waals surface area contributed by atoms with Crippen molar-refractivity contribution >= 4 is 5.91 Å². The molecule has 1 aliphatic rings. The first kappa shape index (κ1) is 15.2. The molecule has 1 rings (SSSR count). The molecule has 1 heterocycles. The summed E-state index contributed by atoms with van der Waals surface area (Å²) in [6, 6.07) is 0.379. The molecule has 1 amide bonds. The molecule has 18 heavy (non-hydrogen) atoms. The van der Waals surface area contributed by atoms with Gasteiger partial charge in [0.15, 0.2) is 0 Å². The first-order chi connectivity index (χ1) is 8.52. The molecular weight excluding hydrogens is 226 g/mol. The Morgan fingerprint density at radius 3 is 2.50 bits per heavy atom. The lowest BCUT2D eigenvalue weighted by molar-refractivity contribution is -0.122. The molecule has 4 nitrogen and oxygen atoms in total. The molecule has 1 atom stereocenters.